The van der Waals surface area contributed by atoms with Crippen molar-refractivity contribution in [3.63, 3.8) is 0 Å². The molecule has 1 N–H and O–H groups in total. The molecule has 4 heteroatoms. The summed E-state index contributed by atoms with van der Waals surface area (Å²) in [6.45, 7) is 8.42. The fraction of sp³-hybridized carbons (Fsp3) is 0.571. The van der Waals surface area contributed by atoms with Crippen molar-refractivity contribution in [1.29, 1.82) is 0 Å². The Morgan fingerprint density at radius 3 is 2.94 bits per heavy atom. The highest BCUT2D eigenvalue weighted by Crippen LogP contribution is 2.15. The van der Waals surface area contributed by atoms with Gasteiger partial charge in [0.1, 0.15) is 11.3 Å². The van der Waals surface area contributed by atoms with Crippen molar-refractivity contribution in [1.82, 2.24) is 19.9 Å². The van der Waals surface area contributed by atoms with Gasteiger partial charge in [-0.25, -0.2) is 4.98 Å². The summed E-state index contributed by atoms with van der Waals surface area (Å²) in [7, 11) is 0. The van der Waals surface area contributed by atoms with Gasteiger partial charge >= 0.3 is 0 Å². The van der Waals surface area contributed by atoms with Crippen LogP contribution in [0.2, 0.25) is 0 Å². The summed E-state index contributed by atoms with van der Waals surface area (Å²) in [4.78, 5) is 8.82. The van der Waals surface area contributed by atoms with Gasteiger partial charge in [-0.3, -0.25) is 4.98 Å². The first-order chi connectivity index (χ1) is 8.76. The molecule has 0 spiro atoms. The van der Waals surface area contributed by atoms with Crippen LogP contribution < -0.4 is 5.32 Å². The minimum atomic E-state index is 0.526. The molecule has 0 aliphatic rings. The maximum absolute atomic E-state index is 4.68. The van der Waals surface area contributed by atoms with Crippen LogP contribution in [0.15, 0.2) is 18.5 Å². The van der Waals surface area contributed by atoms with E-state index in [0.29, 0.717) is 6.04 Å². The number of aryl methyl sites for hydroxylation is 1. The third-order valence-corrected chi connectivity index (χ3v) is 3.30. The average Bonchev–Trinajstić information content (AvgIpc) is 2.75. The van der Waals surface area contributed by atoms with Crippen LogP contribution in [0.25, 0.3) is 11.0 Å². The van der Waals surface area contributed by atoms with Gasteiger partial charge in [0.2, 0.25) is 0 Å². The van der Waals surface area contributed by atoms with Crippen molar-refractivity contribution in [3.8, 4) is 0 Å². The highest BCUT2D eigenvalue weighted by molar-refractivity contribution is 5.74. The van der Waals surface area contributed by atoms with Crippen LogP contribution in [0.4, 0.5) is 0 Å². The zero-order chi connectivity index (χ0) is 13.0. The lowest BCUT2D eigenvalue weighted by molar-refractivity contribution is 0.508. The van der Waals surface area contributed by atoms with Gasteiger partial charge < -0.3 is 9.88 Å². The minimum absolute atomic E-state index is 0.526. The second-order valence-electron chi connectivity index (χ2n) is 4.73. The lowest BCUT2D eigenvalue weighted by Crippen LogP contribution is -2.26. The first-order valence-corrected chi connectivity index (χ1v) is 6.78. The predicted molar refractivity (Wildman–Crippen MR) is 74.4 cm³/mol. The van der Waals surface area contributed by atoms with Gasteiger partial charge in [0.25, 0.3) is 0 Å². The zero-order valence-electron chi connectivity index (χ0n) is 11.5. The van der Waals surface area contributed by atoms with Crippen LogP contribution >= 0.6 is 0 Å². The molecule has 2 heterocycles. The second kappa shape index (κ2) is 5.96. The highest BCUT2D eigenvalue weighted by Gasteiger charge is 2.10. The molecule has 0 saturated heterocycles. The summed E-state index contributed by atoms with van der Waals surface area (Å²) in [6.07, 6.45) is 5.93. The first-order valence-electron chi connectivity index (χ1n) is 6.78. The Morgan fingerprint density at radius 1 is 1.39 bits per heavy atom. The number of nitrogens with zero attached hydrogens (tertiary/aromatic N) is 3. The maximum atomic E-state index is 4.68. The summed E-state index contributed by atoms with van der Waals surface area (Å²) in [5.74, 6) is 1.11. The molecular weight excluding hydrogens is 224 g/mol. The molecule has 4 nitrogen and oxygen atoms in total. The van der Waals surface area contributed by atoms with E-state index >= 15 is 0 Å². The maximum Gasteiger partial charge on any atom is 0.123 e. The molecule has 0 aromatic carbocycles. The summed E-state index contributed by atoms with van der Waals surface area (Å²) >= 11 is 0. The topological polar surface area (TPSA) is 42.7 Å². The monoisotopic (exact) mass is 246 g/mol. The van der Waals surface area contributed by atoms with E-state index in [0.717, 1.165) is 37.3 Å². The van der Waals surface area contributed by atoms with Crippen molar-refractivity contribution in [3.05, 3.63) is 24.3 Å². The van der Waals surface area contributed by atoms with Crippen molar-refractivity contribution >= 4 is 11.0 Å². The minimum Gasteiger partial charge on any atom is -0.327 e. The Bertz CT molecular complexity index is 503. The first kappa shape index (κ1) is 13.0. The van der Waals surface area contributed by atoms with E-state index in [1.807, 2.05) is 18.5 Å². The third-order valence-electron chi connectivity index (χ3n) is 3.30. The van der Waals surface area contributed by atoms with Crippen LogP contribution in [0.1, 0.15) is 39.4 Å². The van der Waals surface area contributed by atoms with Crippen LogP contribution in [0.5, 0.6) is 0 Å². The highest BCUT2D eigenvalue weighted by atomic mass is 15.1. The second-order valence-corrected chi connectivity index (χ2v) is 4.73. The predicted octanol–water partition coefficient (Wildman–Crippen LogP) is 2.73. The largest absolute Gasteiger partial charge is 0.327 e. The normalized spacial score (nSPS) is 13.1. The third kappa shape index (κ3) is 2.70. The van der Waals surface area contributed by atoms with E-state index < -0.39 is 0 Å². The SMILES string of the molecule is CCCn1c(CNC(C)CC)nc2cnccc21. The molecule has 1 unspecified atom stereocenters. The van der Waals surface area contributed by atoms with Gasteiger partial charge in [-0.05, 0) is 25.8 Å². The molecule has 2 aromatic rings. The van der Waals surface area contributed by atoms with E-state index in [2.05, 4.69) is 40.6 Å². The van der Waals surface area contributed by atoms with Gasteiger partial charge in [0, 0.05) is 18.8 Å². The lowest BCUT2D eigenvalue weighted by atomic mass is 10.2. The molecule has 0 aliphatic heterocycles. The van der Waals surface area contributed by atoms with Crippen molar-refractivity contribution in [2.75, 3.05) is 0 Å². The summed E-state index contributed by atoms with van der Waals surface area (Å²) < 4.78 is 2.30. The average molecular weight is 246 g/mol. The van der Waals surface area contributed by atoms with Crippen LogP contribution in [0.3, 0.4) is 0 Å². The molecule has 2 rings (SSSR count). The Hall–Kier alpha value is -1.42. The molecule has 0 radical (unpaired) electrons. The van der Waals surface area contributed by atoms with Crippen molar-refractivity contribution < 1.29 is 0 Å². The fourth-order valence-corrected chi connectivity index (χ4v) is 2.05. The van der Waals surface area contributed by atoms with E-state index in [1.165, 1.54) is 5.52 Å². The van der Waals surface area contributed by atoms with Crippen LogP contribution in [-0.2, 0) is 13.1 Å². The smallest absolute Gasteiger partial charge is 0.123 e. The van der Waals surface area contributed by atoms with Gasteiger partial charge in [-0.15, -0.1) is 0 Å². The number of nitrogens with one attached hydrogen (secondary N) is 1. The van der Waals surface area contributed by atoms with Gasteiger partial charge in [0.15, 0.2) is 0 Å². The number of aromatic nitrogens is 3. The van der Waals surface area contributed by atoms with Gasteiger partial charge in [0.05, 0.1) is 18.3 Å². The molecule has 0 fully saturated rings. The molecule has 2 aromatic heterocycles. The molecule has 18 heavy (non-hydrogen) atoms. The fourth-order valence-electron chi connectivity index (χ4n) is 2.05. The summed E-state index contributed by atoms with van der Waals surface area (Å²) in [5.41, 5.74) is 2.18. The van der Waals surface area contributed by atoms with E-state index in [4.69, 9.17) is 0 Å². The Morgan fingerprint density at radius 2 is 2.22 bits per heavy atom. The lowest BCUT2D eigenvalue weighted by Gasteiger charge is -2.12. The summed E-state index contributed by atoms with van der Waals surface area (Å²) in [5, 5.41) is 3.50. The Kier molecular flexibility index (Phi) is 4.31. The van der Waals surface area contributed by atoms with Gasteiger partial charge in [-0.2, -0.15) is 0 Å². The molecule has 0 aliphatic carbocycles. The van der Waals surface area contributed by atoms with E-state index in [1.54, 1.807) is 0 Å². The Labute approximate surface area is 108 Å². The quantitative estimate of drug-likeness (QED) is 0.852. The number of rotatable bonds is 6. The molecule has 0 bridgehead atoms. The Balaban J connectivity index is 2.27. The standard InChI is InChI=1S/C14H22N4/c1-4-8-18-13-6-7-15-9-12(13)17-14(18)10-16-11(3)5-2/h6-7,9,11,16H,4-5,8,10H2,1-3H3. The molecular formula is C14H22N4. The molecule has 1 atom stereocenters. The van der Waals surface area contributed by atoms with Crippen molar-refractivity contribution in [2.45, 2.75) is 52.7 Å². The molecule has 0 amide bonds. The van der Waals surface area contributed by atoms with Crippen molar-refractivity contribution in [2.24, 2.45) is 0 Å². The summed E-state index contributed by atoms with van der Waals surface area (Å²) in [6, 6.07) is 2.57. The number of pyridine rings is 1. The van der Waals surface area contributed by atoms with E-state index in [9.17, 15) is 0 Å². The zero-order valence-corrected chi connectivity index (χ0v) is 11.5. The van der Waals surface area contributed by atoms with Crippen LogP contribution in [0, 0.1) is 0 Å². The molecule has 98 valence electrons. The van der Waals surface area contributed by atoms with Gasteiger partial charge in [-0.1, -0.05) is 13.8 Å². The van der Waals surface area contributed by atoms with E-state index in [-0.39, 0.29) is 0 Å². The number of fused-ring (bicyclic) bond motifs is 1. The van der Waals surface area contributed by atoms with Crippen LogP contribution in [-0.4, -0.2) is 20.6 Å². The number of hydrogen-bond donors (Lipinski definition) is 1. The number of imidazole rings is 1. The molecule has 0 saturated carbocycles. The number of hydrogen-bond acceptors (Lipinski definition) is 3.